The van der Waals surface area contributed by atoms with Gasteiger partial charge in [0.25, 0.3) is 5.91 Å². The molecule has 13 heteroatoms. The molecule has 158 valence electrons. The number of rotatable bonds is 8. The summed E-state index contributed by atoms with van der Waals surface area (Å²) in [6.07, 6.45) is -3.31. The average Bonchev–Trinajstić information content (AvgIpc) is 3.30. The minimum atomic E-state index is -4.66. The summed E-state index contributed by atoms with van der Waals surface area (Å²) in [4.78, 5) is 35.0. The van der Waals surface area contributed by atoms with E-state index in [1.165, 1.54) is 23.9 Å². The minimum Gasteiger partial charge on any atom is -0.476 e. The molecular formula is C16H19F3N6O4. The van der Waals surface area contributed by atoms with E-state index >= 15 is 0 Å². The summed E-state index contributed by atoms with van der Waals surface area (Å²) >= 11 is 0. The summed E-state index contributed by atoms with van der Waals surface area (Å²) in [5, 5.41) is 20.9. The molecule has 1 atom stereocenters. The van der Waals surface area contributed by atoms with Crippen LogP contribution in [0.25, 0.3) is 0 Å². The largest absolute Gasteiger partial charge is 0.476 e. The first-order valence-corrected chi connectivity index (χ1v) is 8.54. The lowest BCUT2D eigenvalue weighted by Gasteiger charge is -2.13. The Balaban J connectivity index is 1.86. The molecule has 0 aliphatic carbocycles. The van der Waals surface area contributed by atoms with Crippen molar-refractivity contribution in [1.29, 1.82) is 0 Å². The van der Waals surface area contributed by atoms with Crippen molar-refractivity contribution < 1.29 is 32.7 Å². The molecule has 3 N–H and O–H groups in total. The van der Waals surface area contributed by atoms with E-state index < -0.39 is 35.7 Å². The molecule has 2 aromatic heterocycles. The molecule has 29 heavy (non-hydrogen) atoms. The predicted octanol–water partition coefficient (Wildman–Crippen LogP) is 0.924. The van der Waals surface area contributed by atoms with E-state index in [9.17, 15) is 27.6 Å². The van der Waals surface area contributed by atoms with Crippen LogP contribution in [0.15, 0.2) is 18.3 Å². The number of carbonyl (C=O) groups excluding carboxylic acids is 2. The fraction of sp³-hybridized carbons (Fsp3) is 0.438. The molecule has 2 heterocycles. The van der Waals surface area contributed by atoms with Crippen LogP contribution in [0.3, 0.4) is 0 Å². The lowest BCUT2D eigenvalue weighted by atomic mass is 10.3. The van der Waals surface area contributed by atoms with Gasteiger partial charge >= 0.3 is 12.1 Å². The first-order valence-electron chi connectivity index (χ1n) is 8.54. The van der Waals surface area contributed by atoms with E-state index in [1.807, 2.05) is 0 Å². The molecule has 2 amide bonds. The average molecular weight is 416 g/mol. The van der Waals surface area contributed by atoms with Gasteiger partial charge in [-0.05, 0) is 19.9 Å². The molecule has 0 saturated heterocycles. The summed E-state index contributed by atoms with van der Waals surface area (Å²) in [5.41, 5.74) is -1.61. The maximum Gasteiger partial charge on any atom is 0.435 e. The molecule has 0 aliphatic heterocycles. The highest BCUT2D eigenvalue weighted by Gasteiger charge is 2.35. The van der Waals surface area contributed by atoms with Gasteiger partial charge in [-0.3, -0.25) is 19.0 Å². The zero-order valence-corrected chi connectivity index (χ0v) is 15.5. The van der Waals surface area contributed by atoms with Crippen LogP contribution in [0.2, 0.25) is 0 Å². The zero-order chi connectivity index (χ0) is 21.8. The number of alkyl halides is 3. The van der Waals surface area contributed by atoms with Gasteiger partial charge in [-0.15, -0.1) is 0 Å². The highest BCUT2D eigenvalue weighted by molar-refractivity contribution is 5.92. The monoisotopic (exact) mass is 416 g/mol. The normalized spacial score (nSPS) is 12.4. The third kappa shape index (κ3) is 5.33. The van der Waals surface area contributed by atoms with Gasteiger partial charge in [0.2, 0.25) is 5.91 Å². The summed E-state index contributed by atoms with van der Waals surface area (Å²) in [7, 11) is 0. The molecule has 0 aromatic carbocycles. The molecule has 2 rings (SSSR count). The Hall–Kier alpha value is -3.38. The molecule has 0 radical (unpaired) electrons. The van der Waals surface area contributed by atoms with Gasteiger partial charge in [0, 0.05) is 31.9 Å². The second-order valence-electron chi connectivity index (χ2n) is 5.94. The van der Waals surface area contributed by atoms with E-state index in [0.29, 0.717) is 6.07 Å². The summed E-state index contributed by atoms with van der Waals surface area (Å²) in [6.45, 7) is 3.11. The molecule has 0 saturated carbocycles. The minimum absolute atomic E-state index is 0.00829. The van der Waals surface area contributed by atoms with Crippen molar-refractivity contribution in [2.75, 3.05) is 13.1 Å². The van der Waals surface area contributed by atoms with Crippen LogP contribution in [-0.4, -0.2) is 55.5 Å². The van der Waals surface area contributed by atoms with Crippen LogP contribution in [-0.2, 0) is 17.5 Å². The molecular weight excluding hydrogens is 397 g/mol. The van der Waals surface area contributed by atoms with Crippen LogP contribution in [0.4, 0.5) is 13.2 Å². The summed E-state index contributed by atoms with van der Waals surface area (Å²) in [5.74, 6) is -2.45. The lowest BCUT2D eigenvalue weighted by molar-refractivity contribution is -0.141. The molecule has 0 fully saturated rings. The first-order chi connectivity index (χ1) is 13.5. The molecule has 10 nitrogen and oxygen atoms in total. The van der Waals surface area contributed by atoms with Crippen LogP contribution < -0.4 is 10.6 Å². The number of carboxylic acid groups (broad SMARTS) is 1. The van der Waals surface area contributed by atoms with Gasteiger partial charge in [0.15, 0.2) is 11.4 Å². The number of amides is 2. The highest BCUT2D eigenvalue weighted by atomic mass is 19.4. The Bertz CT molecular complexity index is 905. The number of aromatic nitrogens is 4. The predicted molar refractivity (Wildman–Crippen MR) is 92.1 cm³/mol. The fourth-order valence-corrected chi connectivity index (χ4v) is 2.37. The van der Waals surface area contributed by atoms with Gasteiger partial charge in [-0.1, -0.05) is 0 Å². The van der Waals surface area contributed by atoms with Crippen LogP contribution >= 0.6 is 0 Å². The van der Waals surface area contributed by atoms with Gasteiger partial charge in [0.1, 0.15) is 11.7 Å². The standard InChI is InChI=1S/C16H19F3N6O4/c1-3-24-11(8-12(23-24)16(17,18)19)14(27)21-6-5-20-13(26)9(2)25-7-4-10(22-25)15(28)29/h4,7-9H,3,5-6H2,1-2H3,(H,20,26)(H,21,27)(H,28,29). The lowest BCUT2D eigenvalue weighted by Crippen LogP contribution is -2.38. The molecule has 0 aliphatic rings. The van der Waals surface area contributed by atoms with Crippen molar-refractivity contribution in [3.05, 3.63) is 35.4 Å². The number of aryl methyl sites for hydroxylation is 1. The van der Waals surface area contributed by atoms with Crippen LogP contribution in [0.1, 0.15) is 46.6 Å². The Morgan fingerprint density at radius 3 is 2.41 bits per heavy atom. The molecule has 2 aromatic rings. The Labute approximate surface area is 162 Å². The van der Waals surface area contributed by atoms with Crippen molar-refractivity contribution >= 4 is 17.8 Å². The van der Waals surface area contributed by atoms with Crippen molar-refractivity contribution in [2.24, 2.45) is 0 Å². The molecule has 1 unspecified atom stereocenters. The maximum absolute atomic E-state index is 12.7. The summed E-state index contributed by atoms with van der Waals surface area (Å²) in [6, 6.07) is 1.12. The number of nitrogens with zero attached hydrogens (tertiary/aromatic N) is 4. The highest BCUT2D eigenvalue weighted by Crippen LogP contribution is 2.28. The van der Waals surface area contributed by atoms with E-state index in [0.717, 1.165) is 4.68 Å². The van der Waals surface area contributed by atoms with Crippen LogP contribution in [0.5, 0.6) is 0 Å². The number of carboxylic acids is 1. The van der Waals surface area contributed by atoms with Crippen molar-refractivity contribution in [3.8, 4) is 0 Å². The van der Waals surface area contributed by atoms with E-state index in [4.69, 9.17) is 5.11 Å². The van der Waals surface area contributed by atoms with Gasteiger partial charge in [-0.2, -0.15) is 23.4 Å². The van der Waals surface area contributed by atoms with Gasteiger partial charge in [0.05, 0.1) is 0 Å². The summed E-state index contributed by atoms with van der Waals surface area (Å²) < 4.78 is 40.3. The number of halogens is 3. The van der Waals surface area contributed by atoms with Crippen molar-refractivity contribution in [2.45, 2.75) is 32.6 Å². The van der Waals surface area contributed by atoms with Gasteiger partial charge in [-0.25, -0.2) is 4.79 Å². The number of aromatic carboxylic acids is 1. The SMILES string of the molecule is CCn1nc(C(F)(F)F)cc1C(=O)NCCNC(=O)C(C)n1ccc(C(=O)O)n1. The fourth-order valence-electron chi connectivity index (χ4n) is 2.37. The topological polar surface area (TPSA) is 131 Å². The third-order valence-electron chi connectivity index (χ3n) is 3.92. The van der Waals surface area contributed by atoms with Crippen LogP contribution in [0, 0.1) is 0 Å². The Morgan fingerprint density at radius 2 is 1.86 bits per heavy atom. The molecule has 0 spiro atoms. The van der Waals surface area contributed by atoms with E-state index in [1.54, 1.807) is 6.92 Å². The Kier molecular flexibility index (Phi) is 6.61. The molecule has 0 bridgehead atoms. The number of nitrogens with one attached hydrogen (secondary N) is 2. The number of carbonyl (C=O) groups is 3. The quantitative estimate of drug-likeness (QED) is 0.549. The second kappa shape index (κ2) is 8.75. The Morgan fingerprint density at radius 1 is 1.21 bits per heavy atom. The second-order valence-corrected chi connectivity index (χ2v) is 5.94. The maximum atomic E-state index is 12.7. The van der Waals surface area contributed by atoms with Crippen molar-refractivity contribution in [1.82, 2.24) is 30.2 Å². The zero-order valence-electron chi connectivity index (χ0n) is 15.5. The third-order valence-corrected chi connectivity index (χ3v) is 3.92. The van der Waals surface area contributed by atoms with E-state index in [2.05, 4.69) is 20.8 Å². The van der Waals surface area contributed by atoms with Gasteiger partial charge < -0.3 is 15.7 Å². The van der Waals surface area contributed by atoms with E-state index in [-0.39, 0.29) is 31.0 Å². The first kappa shape index (κ1) is 21.9. The van der Waals surface area contributed by atoms with Crippen molar-refractivity contribution in [3.63, 3.8) is 0 Å². The number of hydrogen-bond donors (Lipinski definition) is 3. The smallest absolute Gasteiger partial charge is 0.435 e. The number of hydrogen-bond acceptors (Lipinski definition) is 5.